The molecular formula is C14H18N2O5. The maximum atomic E-state index is 11.8. The molecule has 0 aromatic heterocycles. The van der Waals surface area contributed by atoms with Gasteiger partial charge in [-0.25, -0.2) is 0 Å². The maximum absolute atomic E-state index is 11.8. The summed E-state index contributed by atoms with van der Waals surface area (Å²) in [6.07, 6.45) is 1.76. The summed E-state index contributed by atoms with van der Waals surface area (Å²) < 4.78 is 10.6. The lowest BCUT2D eigenvalue weighted by molar-refractivity contribution is -0.385. The summed E-state index contributed by atoms with van der Waals surface area (Å²) in [6, 6.07) is 4.49. The Hall–Kier alpha value is -2.15. The van der Waals surface area contributed by atoms with Gasteiger partial charge in [-0.3, -0.25) is 14.9 Å². The van der Waals surface area contributed by atoms with Crippen LogP contribution in [0.4, 0.5) is 11.4 Å². The summed E-state index contributed by atoms with van der Waals surface area (Å²) >= 11 is 0. The first-order chi connectivity index (χ1) is 10.1. The van der Waals surface area contributed by atoms with Crippen molar-refractivity contribution < 1.29 is 19.2 Å². The number of ether oxygens (including phenoxy) is 2. The van der Waals surface area contributed by atoms with Crippen LogP contribution in [0.3, 0.4) is 0 Å². The van der Waals surface area contributed by atoms with E-state index in [1.165, 1.54) is 6.07 Å². The van der Waals surface area contributed by atoms with Crippen molar-refractivity contribution in [1.29, 1.82) is 0 Å². The van der Waals surface area contributed by atoms with Gasteiger partial charge in [0.2, 0.25) is 0 Å². The third-order valence-corrected chi connectivity index (χ3v) is 3.19. The van der Waals surface area contributed by atoms with Crippen LogP contribution in [-0.4, -0.2) is 37.2 Å². The largest absolute Gasteiger partial charge is 0.487 e. The molecule has 0 aliphatic carbocycles. The zero-order chi connectivity index (χ0) is 15.2. The number of nitrogens with zero attached hydrogens (tertiary/aromatic N) is 2. The van der Waals surface area contributed by atoms with E-state index >= 15 is 0 Å². The molecule has 21 heavy (non-hydrogen) atoms. The molecule has 0 atom stereocenters. The number of hydrogen-bond acceptors (Lipinski definition) is 5. The highest BCUT2D eigenvalue weighted by Crippen LogP contribution is 2.32. The molecule has 7 nitrogen and oxygen atoms in total. The van der Waals surface area contributed by atoms with Gasteiger partial charge >= 0.3 is 5.69 Å². The minimum atomic E-state index is -0.480. The quantitative estimate of drug-likeness (QED) is 0.456. The van der Waals surface area contributed by atoms with Crippen LogP contribution >= 0.6 is 0 Å². The fourth-order valence-corrected chi connectivity index (χ4v) is 2.05. The fourth-order valence-electron chi connectivity index (χ4n) is 2.05. The first-order valence-corrected chi connectivity index (χ1v) is 6.93. The zero-order valence-corrected chi connectivity index (χ0v) is 11.9. The van der Waals surface area contributed by atoms with Crippen molar-refractivity contribution in [2.75, 3.05) is 31.3 Å². The van der Waals surface area contributed by atoms with E-state index in [0.717, 1.165) is 12.8 Å². The molecule has 7 heteroatoms. The Morgan fingerprint density at radius 2 is 2.29 bits per heavy atom. The number of morpholine rings is 1. The van der Waals surface area contributed by atoms with Gasteiger partial charge < -0.3 is 14.4 Å². The number of benzene rings is 1. The monoisotopic (exact) mass is 294 g/mol. The molecule has 1 saturated heterocycles. The Bertz CT molecular complexity index is 532. The Morgan fingerprint density at radius 3 is 2.95 bits per heavy atom. The summed E-state index contributed by atoms with van der Waals surface area (Å²) in [4.78, 5) is 23.9. The van der Waals surface area contributed by atoms with Gasteiger partial charge in [0.15, 0.2) is 5.75 Å². The SMILES string of the molecule is CCCCOc1cc(N2CCOCC2=O)ccc1[N+](=O)[O-]. The topological polar surface area (TPSA) is 81.9 Å². The van der Waals surface area contributed by atoms with Crippen molar-refractivity contribution in [3.8, 4) is 5.75 Å². The summed E-state index contributed by atoms with van der Waals surface area (Å²) in [5.41, 5.74) is 0.510. The van der Waals surface area contributed by atoms with Crippen LogP contribution in [0.1, 0.15) is 19.8 Å². The summed E-state index contributed by atoms with van der Waals surface area (Å²) in [6.45, 7) is 3.35. The molecule has 0 unspecified atom stereocenters. The smallest absolute Gasteiger partial charge is 0.311 e. The highest BCUT2D eigenvalue weighted by Gasteiger charge is 2.23. The van der Waals surface area contributed by atoms with E-state index in [0.29, 0.717) is 25.4 Å². The van der Waals surface area contributed by atoms with Gasteiger partial charge in [0.1, 0.15) is 6.61 Å². The Kier molecular flexibility index (Phi) is 5.10. The van der Waals surface area contributed by atoms with Crippen LogP contribution in [0.25, 0.3) is 0 Å². The molecule has 1 aliphatic heterocycles. The molecule has 1 amide bonds. The number of rotatable bonds is 6. The van der Waals surface area contributed by atoms with Crippen LogP contribution < -0.4 is 9.64 Å². The molecule has 1 fully saturated rings. The van der Waals surface area contributed by atoms with Crippen molar-refractivity contribution in [1.82, 2.24) is 0 Å². The second-order valence-electron chi connectivity index (χ2n) is 4.71. The number of carbonyl (C=O) groups is 1. The van der Waals surface area contributed by atoms with Gasteiger partial charge in [0.05, 0.1) is 18.1 Å². The van der Waals surface area contributed by atoms with Crippen LogP contribution in [0.5, 0.6) is 5.75 Å². The van der Waals surface area contributed by atoms with E-state index in [-0.39, 0.29) is 24.0 Å². The molecule has 0 N–H and O–H groups in total. The van der Waals surface area contributed by atoms with Gasteiger partial charge in [-0.2, -0.15) is 0 Å². The summed E-state index contributed by atoms with van der Waals surface area (Å²) in [5.74, 6) is 0.0415. The van der Waals surface area contributed by atoms with E-state index in [1.807, 2.05) is 6.92 Å². The second kappa shape index (κ2) is 7.03. The molecule has 1 aromatic rings. The Labute approximate surface area is 122 Å². The minimum Gasteiger partial charge on any atom is -0.487 e. The normalized spacial score (nSPS) is 15.1. The van der Waals surface area contributed by atoms with E-state index in [4.69, 9.17) is 9.47 Å². The molecule has 1 heterocycles. The van der Waals surface area contributed by atoms with E-state index in [2.05, 4.69) is 0 Å². The predicted molar refractivity (Wildman–Crippen MR) is 76.7 cm³/mol. The Morgan fingerprint density at radius 1 is 1.48 bits per heavy atom. The van der Waals surface area contributed by atoms with Crippen molar-refractivity contribution in [3.05, 3.63) is 28.3 Å². The molecule has 0 saturated carbocycles. The average Bonchev–Trinajstić information content (AvgIpc) is 2.47. The highest BCUT2D eigenvalue weighted by atomic mass is 16.6. The average molecular weight is 294 g/mol. The van der Waals surface area contributed by atoms with Crippen LogP contribution in [-0.2, 0) is 9.53 Å². The maximum Gasteiger partial charge on any atom is 0.311 e. The second-order valence-corrected chi connectivity index (χ2v) is 4.71. The molecule has 1 aromatic carbocycles. The lowest BCUT2D eigenvalue weighted by atomic mass is 10.2. The summed E-state index contributed by atoms with van der Waals surface area (Å²) in [5, 5.41) is 11.0. The number of nitro groups is 1. The molecular weight excluding hydrogens is 276 g/mol. The van der Waals surface area contributed by atoms with Gasteiger partial charge in [0, 0.05) is 24.4 Å². The molecule has 114 valence electrons. The van der Waals surface area contributed by atoms with Crippen molar-refractivity contribution >= 4 is 17.3 Å². The van der Waals surface area contributed by atoms with Crippen LogP contribution in [0.2, 0.25) is 0 Å². The summed E-state index contributed by atoms with van der Waals surface area (Å²) in [7, 11) is 0. The van der Waals surface area contributed by atoms with E-state index in [9.17, 15) is 14.9 Å². The first kappa shape index (κ1) is 15.2. The third-order valence-electron chi connectivity index (χ3n) is 3.19. The molecule has 0 spiro atoms. The Balaban J connectivity index is 2.24. The van der Waals surface area contributed by atoms with Crippen molar-refractivity contribution in [3.63, 3.8) is 0 Å². The lowest BCUT2D eigenvalue weighted by Crippen LogP contribution is -2.41. The van der Waals surface area contributed by atoms with Crippen molar-refractivity contribution in [2.45, 2.75) is 19.8 Å². The van der Waals surface area contributed by atoms with Crippen LogP contribution in [0.15, 0.2) is 18.2 Å². The number of anilines is 1. The van der Waals surface area contributed by atoms with Gasteiger partial charge in [0.25, 0.3) is 5.91 Å². The molecule has 2 rings (SSSR count). The molecule has 1 aliphatic rings. The van der Waals surface area contributed by atoms with Gasteiger partial charge in [-0.05, 0) is 12.5 Å². The molecule has 0 bridgehead atoms. The number of nitro benzene ring substituents is 1. The van der Waals surface area contributed by atoms with Gasteiger partial charge in [-0.1, -0.05) is 13.3 Å². The highest BCUT2D eigenvalue weighted by molar-refractivity contribution is 5.95. The third kappa shape index (κ3) is 3.69. The standard InChI is InChI=1S/C14H18N2O5/c1-2-3-7-21-13-9-11(4-5-12(13)16(18)19)15-6-8-20-10-14(15)17/h4-5,9H,2-3,6-8,10H2,1H3. The van der Waals surface area contributed by atoms with E-state index < -0.39 is 4.92 Å². The van der Waals surface area contributed by atoms with Crippen molar-refractivity contribution in [2.24, 2.45) is 0 Å². The lowest BCUT2D eigenvalue weighted by Gasteiger charge is -2.27. The number of amides is 1. The van der Waals surface area contributed by atoms with Crippen LogP contribution in [0, 0.1) is 10.1 Å². The predicted octanol–water partition coefficient (Wildman–Crippen LogP) is 2.14. The number of unbranched alkanes of at least 4 members (excludes halogenated alkanes) is 1. The number of carbonyl (C=O) groups excluding carboxylic acids is 1. The molecule has 0 radical (unpaired) electrons. The van der Waals surface area contributed by atoms with Gasteiger partial charge in [-0.15, -0.1) is 0 Å². The minimum absolute atomic E-state index is 0.0308. The first-order valence-electron chi connectivity index (χ1n) is 6.93. The zero-order valence-electron chi connectivity index (χ0n) is 11.9. The van der Waals surface area contributed by atoms with E-state index in [1.54, 1.807) is 17.0 Å². The number of hydrogen-bond donors (Lipinski definition) is 0. The fraction of sp³-hybridized carbons (Fsp3) is 0.500.